The van der Waals surface area contributed by atoms with Crippen molar-refractivity contribution in [3.05, 3.63) is 23.5 Å². The second kappa shape index (κ2) is 9.03. The lowest BCUT2D eigenvalue weighted by atomic mass is 9.87. The Hall–Kier alpha value is -1.96. The van der Waals surface area contributed by atoms with Gasteiger partial charge in [-0.1, -0.05) is 0 Å². The molecule has 1 aliphatic carbocycles. The lowest BCUT2D eigenvalue weighted by Crippen LogP contribution is -2.40. The summed E-state index contributed by atoms with van der Waals surface area (Å²) >= 11 is 0. The predicted octanol–water partition coefficient (Wildman–Crippen LogP) is 3.41. The minimum absolute atomic E-state index is 0.0112. The van der Waals surface area contributed by atoms with Crippen LogP contribution in [0.25, 0.3) is 0 Å². The lowest BCUT2D eigenvalue weighted by molar-refractivity contribution is -0.122. The molecule has 1 aliphatic heterocycles. The van der Waals surface area contributed by atoms with Crippen molar-refractivity contribution in [2.75, 3.05) is 20.3 Å². The SMILES string of the molecule is COc1cc(OCC2CCC(F)(F)CC2)c(F)cc1CNC(=O)[C@@H]1CCCN1. The van der Waals surface area contributed by atoms with Crippen molar-refractivity contribution in [2.24, 2.45) is 5.92 Å². The van der Waals surface area contributed by atoms with Crippen LogP contribution in [0.2, 0.25) is 0 Å². The van der Waals surface area contributed by atoms with Gasteiger partial charge >= 0.3 is 0 Å². The van der Waals surface area contributed by atoms with Crippen molar-refractivity contribution in [2.45, 2.75) is 57.0 Å². The fraction of sp³-hybridized carbons (Fsp3) is 0.650. The number of benzene rings is 1. The van der Waals surface area contributed by atoms with Gasteiger partial charge in [-0.2, -0.15) is 0 Å². The van der Waals surface area contributed by atoms with Crippen LogP contribution in [0.4, 0.5) is 13.2 Å². The van der Waals surface area contributed by atoms with E-state index in [1.54, 1.807) is 0 Å². The molecule has 0 bridgehead atoms. The summed E-state index contributed by atoms with van der Waals surface area (Å²) in [7, 11) is 1.46. The Morgan fingerprint density at radius 1 is 1.25 bits per heavy atom. The van der Waals surface area contributed by atoms with Crippen LogP contribution >= 0.6 is 0 Å². The van der Waals surface area contributed by atoms with E-state index in [9.17, 15) is 18.0 Å². The van der Waals surface area contributed by atoms with E-state index in [4.69, 9.17) is 9.47 Å². The third-order valence-corrected chi connectivity index (χ3v) is 5.48. The Kier molecular flexibility index (Phi) is 6.69. The molecule has 2 aliphatic rings. The summed E-state index contributed by atoms with van der Waals surface area (Å²) in [4.78, 5) is 12.1. The second-order valence-electron chi connectivity index (χ2n) is 7.57. The molecule has 1 saturated heterocycles. The van der Waals surface area contributed by atoms with Gasteiger partial charge in [0.2, 0.25) is 11.8 Å². The summed E-state index contributed by atoms with van der Waals surface area (Å²) < 4.78 is 51.8. The molecule has 1 heterocycles. The zero-order chi connectivity index (χ0) is 20.1. The number of hydrogen-bond acceptors (Lipinski definition) is 4. The quantitative estimate of drug-likeness (QED) is 0.737. The smallest absolute Gasteiger partial charge is 0.248 e. The molecule has 3 rings (SSSR count). The molecule has 2 fully saturated rings. The summed E-state index contributed by atoms with van der Waals surface area (Å²) in [6, 6.07) is 2.52. The molecule has 156 valence electrons. The number of carbonyl (C=O) groups excluding carboxylic acids is 1. The highest BCUT2D eigenvalue weighted by Crippen LogP contribution is 2.37. The van der Waals surface area contributed by atoms with Crippen molar-refractivity contribution in [1.29, 1.82) is 0 Å². The van der Waals surface area contributed by atoms with Gasteiger partial charge in [-0.3, -0.25) is 4.79 Å². The number of halogens is 3. The number of amides is 1. The average molecular weight is 400 g/mol. The average Bonchev–Trinajstić information content (AvgIpc) is 3.21. The van der Waals surface area contributed by atoms with Crippen LogP contribution in [-0.2, 0) is 11.3 Å². The first-order valence-electron chi connectivity index (χ1n) is 9.76. The number of alkyl halides is 2. The maximum atomic E-state index is 14.4. The van der Waals surface area contributed by atoms with Crippen LogP contribution in [-0.4, -0.2) is 38.1 Å². The number of methoxy groups -OCH3 is 1. The third kappa shape index (κ3) is 5.31. The highest BCUT2D eigenvalue weighted by molar-refractivity contribution is 5.82. The maximum absolute atomic E-state index is 14.4. The molecule has 2 N–H and O–H groups in total. The van der Waals surface area contributed by atoms with E-state index in [-0.39, 0.29) is 49.6 Å². The first kappa shape index (κ1) is 20.8. The molecule has 0 spiro atoms. The first-order valence-corrected chi connectivity index (χ1v) is 9.76. The maximum Gasteiger partial charge on any atom is 0.248 e. The Labute approximate surface area is 163 Å². The molecular formula is C20H27F3N2O3. The van der Waals surface area contributed by atoms with Gasteiger partial charge in [-0.25, -0.2) is 13.2 Å². The van der Waals surface area contributed by atoms with Crippen molar-refractivity contribution < 1.29 is 27.4 Å². The van der Waals surface area contributed by atoms with Crippen LogP contribution in [0.1, 0.15) is 44.1 Å². The van der Waals surface area contributed by atoms with E-state index in [2.05, 4.69) is 10.6 Å². The molecule has 0 aromatic heterocycles. The third-order valence-electron chi connectivity index (χ3n) is 5.48. The topological polar surface area (TPSA) is 59.6 Å². The molecule has 1 atom stereocenters. The number of rotatable bonds is 7. The summed E-state index contributed by atoms with van der Waals surface area (Å²) in [5, 5.41) is 5.90. The molecule has 8 heteroatoms. The fourth-order valence-corrected chi connectivity index (χ4v) is 3.70. The van der Waals surface area contributed by atoms with E-state index >= 15 is 0 Å². The van der Waals surface area contributed by atoms with E-state index in [1.165, 1.54) is 19.2 Å². The zero-order valence-electron chi connectivity index (χ0n) is 16.0. The lowest BCUT2D eigenvalue weighted by Gasteiger charge is -2.28. The molecule has 28 heavy (non-hydrogen) atoms. The van der Waals surface area contributed by atoms with Gasteiger partial charge in [-0.05, 0) is 44.2 Å². The highest BCUT2D eigenvalue weighted by atomic mass is 19.3. The van der Waals surface area contributed by atoms with E-state index in [0.717, 1.165) is 19.4 Å². The highest BCUT2D eigenvalue weighted by Gasteiger charge is 2.35. The Morgan fingerprint density at radius 3 is 2.64 bits per heavy atom. The fourth-order valence-electron chi connectivity index (χ4n) is 3.70. The van der Waals surface area contributed by atoms with Crippen LogP contribution in [0.15, 0.2) is 12.1 Å². The molecule has 1 amide bonds. The van der Waals surface area contributed by atoms with Crippen LogP contribution in [0.5, 0.6) is 11.5 Å². The minimum Gasteiger partial charge on any atom is -0.496 e. The monoisotopic (exact) mass is 400 g/mol. The van der Waals surface area contributed by atoms with Crippen molar-refractivity contribution in [3.8, 4) is 11.5 Å². The van der Waals surface area contributed by atoms with Gasteiger partial charge < -0.3 is 20.1 Å². The van der Waals surface area contributed by atoms with Crippen molar-refractivity contribution >= 4 is 5.91 Å². The van der Waals surface area contributed by atoms with Gasteiger partial charge in [0.15, 0.2) is 11.6 Å². The van der Waals surface area contributed by atoms with Gasteiger partial charge in [-0.15, -0.1) is 0 Å². The molecule has 0 radical (unpaired) electrons. The molecule has 1 saturated carbocycles. The number of carbonyl (C=O) groups is 1. The van der Waals surface area contributed by atoms with E-state index in [0.29, 0.717) is 24.2 Å². The largest absolute Gasteiger partial charge is 0.496 e. The van der Waals surface area contributed by atoms with E-state index < -0.39 is 11.7 Å². The summed E-state index contributed by atoms with van der Waals surface area (Å²) in [6.45, 7) is 1.16. The summed E-state index contributed by atoms with van der Waals surface area (Å²) in [5.41, 5.74) is 0.510. The Morgan fingerprint density at radius 2 is 2.00 bits per heavy atom. The normalized spacial score (nSPS) is 22.1. The molecule has 1 aromatic carbocycles. The van der Waals surface area contributed by atoms with Gasteiger partial charge in [0.25, 0.3) is 0 Å². The summed E-state index contributed by atoms with van der Waals surface area (Å²) in [6.07, 6.45) is 2.18. The standard InChI is InChI=1S/C20H27F3N2O3/c1-27-17-10-18(28-12-13-4-6-20(22,23)7-5-13)15(21)9-14(17)11-25-19(26)16-3-2-8-24-16/h9-10,13,16,24H,2-8,11-12H2,1H3,(H,25,26)/t16-/m0/s1. The minimum atomic E-state index is -2.59. The van der Waals surface area contributed by atoms with Crippen LogP contribution in [0, 0.1) is 11.7 Å². The number of ether oxygens (including phenoxy) is 2. The molecular weight excluding hydrogens is 373 g/mol. The van der Waals surface area contributed by atoms with Crippen LogP contribution in [0.3, 0.4) is 0 Å². The second-order valence-corrected chi connectivity index (χ2v) is 7.57. The Bertz CT molecular complexity index is 684. The van der Waals surface area contributed by atoms with Crippen LogP contribution < -0.4 is 20.1 Å². The Balaban J connectivity index is 1.57. The van der Waals surface area contributed by atoms with Gasteiger partial charge in [0.1, 0.15) is 5.75 Å². The first-order chi connectivity index (χ1) is 13.4. The zero-order valence-corrected chi connectivity index (χ0v) is 16.0. The van der Waals surface area contributed by atoms with Crippen molar-refractivity contribution in [1.82, 2.24) is 10.6 Å². The number of nitrogens with one attached hydrogen (secondary N) is 2. The van der Waals surface area contributed by atoms with Crippen molar-refractivity contribution in [3.63, 3.8) is 0 Å². The molecule has 5 nitrogen and oxygen atoms in total. The van der Waals surface area contributed by atoms with Gasteiger partial charge in [0.05, 0.1) is 19.8 Å². The molecule has 1 aromatic rings. The van der Waals surface area contributed by atoms with Gasteiger partial charge in [0, 0.05) is 31.0 Å². The number of hydrogen-bond donors (Lipinski definition) is 2. The molecule has 0 unspecified atom stereocenters. The predicted molar refractivity (Wildman–Crippen MR) is 98.2 cm³/mol. The van der Waals surface area contributed by atoms with E-state index in [1.807, 2.05) is 0 Å². The summed E-state index contributed by atoms with van der Waals surface area (Å²) in [5.74, 6) is -2.85.